The maximum absolute atomic E-state index is 5.22. The summed E-state index contributed by atoms with van der Waals surface area (Å²) in [6.45, 7) is 0. The average Bonchev–Trinajstić information content (AvgIpc) is 2.55. The van der Waals surface area contributed by atoms with Crippen LogP contribution in [-0.2, 0) is 0 Å². The molecule has 0 bridgehead atoms. The van der Waals surface area contributed by atoms with Crippen LogP contribution in [0.1, 0.15) is 0 Å². The lowest BCUT2D eigenvalue weighted by atomic mass is 10.5. The number of hydrogen-bond donors (Lipinski definition) is 3. The molecule has 0 amide bonds. The molecule has 0 atom stereocenters. The van der Waals surface area contributed by atoms with Gasteiger partial charge in [0.15, 0.2) is 0 Å². The minimum absolute atomic E-state index is 0.431. The highest BCUT2D eigenvalue weighted by Gasteiger charge is 1.89. The Hall–Kier alpha value is -2.04. The molecule has 68 valence electrons. The first kappa shape index (κ1) is 9.05. The molecule has 0 spiro atoms. The number of rotatable bonds is 0. The van der Waals surface area contributed by atoms with Gasteiger partial charge in [0, 0.05) is 12.4 Å². The van der Waals surface area contributed by atoms with Crippen LogP contribution < -0.4 is 11.5 Å². The van der Waals surface area contributed by atoms with Crippen molar-refractivity contribution < 1.29 is 0 Å². The van der Waals surface area contributed by atoms with E-state index in [9.17, 15) is 0 Å². The minimum Gasteiger partial charge on any atom is -0.394 e. The van der Waals surface area contributed by atoms with E-state index in [4.69, 9.17) is 11.5 Å². The zero-order chi connectivity index (χ0) is 9.52. The van der Waals surface area contributed by atoms with Crippen LogP contribution in [-0.4, -0.2) is 15.2 Å². The van der Waals surface area contributed by atoms with E-state index in [1.807, 2.05) is 18.2 Å². The Balaban J connectivity index is 0.000000132. The summed E-state index contributed by atoms with van der Waals surface area (Å²) in [4.78, 5) is 3.78. The number of pyridine rings is 1. The number of nitrogens with one attached hydrogen (secondary N) is 1. The number of hydrogen-bond acceptors (Lipinski definition) is 4. The van der Waals surface area contributed by atoms with Crippen molar-refractivity contribution in [1.82, 2.24) is 15.2 Å². The van der Waals surface area contributed by atoms with E-state index >= 15 is 0 Å². The lowest BCUT2D eigenvalue weighted by molar-refractivity contribution is 1.10. The van der Waals surface area contributed by atoms with Gasteiger partial charge in [0.05, 0.1) is 11.9 Å². The Kier molecular flexibility index (Phi) is 3.31. The molecule has 0 aliphatic carbocycles. The maximum Gasteiger partial charge on any atom is 0.142 e. The van der Waals surface area contributed by atoms with E-state index in [0.29, 0.717) is 11.5 Å². The predicted molar refractivity (Wildman–Crippen MR) is 51.6 cm³/mol. The Bertz CT molecular complexity index is 286. The fraction of sp³-hybridized carbons (Fsp3) is 0. The first-order valence-electron chi connectivity index (χ1n) is 3.70. The van der Waals surface area contributed by atoms with Crippen LogP contribution in [0.5, 0.6) is 0 Å². The van der Waals surface area contributed by atoms with Crippen LogP contribution >= 0.6 is 0 Å². The lowest BCUT2D eigenvalue weighted by Crippen LogP contribution is -1.89. The molecule has 0 saturated carbocycles. The van der Waals surface area contributed by atoms with Gasteiger partial charge in [-0.3, -0.25) is 10.1 Å². The number of aromatic nitrogens is 3. The number of anilines is 2. The third-order valence-electron chi connectivity index (χ3n) is 1.27. The van der Waals surface area contributed by atoms with Gasteiger partial charge in [-0.2, -0.15) is 5.10 Å². The molecule has 0 unspecified atom stereocenters. The SMILES string of the molecule is Nc1cn[nH]c1N.c1ccncc1. The Morgan fingerprint density at radius 3 is 1.92 bits per heavy atom. The molecule has 2 rings (SSSR count). The molecule has 0 aromatic carbocycles. The first-order chi connectivity index (χ1) is 6.30. The fourth-order valence-corrected chi connectivity index (χ4v) is 0.618. The molecule has 0 saturated heterocycles. The smallest absolute Gasteiger partial charge is 0.142 e. The Morgan fingerprint density at radius 2 is 1.77 bits per heavy atom. The number of H-pyrrole nitrogens is 1. The number of nitrogens with two attached hydrogens (primary N) is 2. The van der Waals surface area contributed by atoms with Gasteiger partial charge in [-0.1, -0.05) is 6.07 Å². The topological polar surface area (TPSA) is 93.6 Å². The second-order valence-corrected chi connectivity index (χ2v) is 2.26. The predicted octanol–water partition coefficient (Wildman–Crippen LogP) is 0.656. The monoisotopic (exact) mass is 177 g/mol. The minimum atomic E-state index is 0.431. The summed E-state index contributed by atoms with van der Waals surface area (Å²) in [7, 11) is 0. The molecule has 5 nitrogen and oxygen atoms in total. The molecule has 0 aliphatic heterocycles. The molecule has 5 heteroatoms. The molecular formula is C8H11N5. The van der Waals surface area contributed by atoms with Crippen LogP contribution in [0.4, 0.5) is 11.5 Å². The van der Waals surface area contributed by atoms with E-state index in [-0.39, 0.29) is 0 Å². The highest BCUT2D eigenvalue weighted by atomic mass is 15.2. The van der Waals surface area contributed by atoms with Crippen LogP contribution in [0.25, 0.3) is 0 Å². The molecule has 0 radical (unpaired) electrons. The Labute approximate surface area is 75.8 Å². The van der Waals surface area contributed by atoms with E-state index in [1.54, 1.807) is 12.4 Å². The van der Waals surface area contributed by atoms with Crippen LogP contribution in [0.3, 0.4) is 0 Å². The summed E-state index contributed by atoms with van der Waals surface area (Å²) in [5.74, 6) is 0.431. The summed E-state index contributed by atoms with van der Waals surface area (Å²) in [5, 5.41) is 6.02. The highest BCUT2D eigenvalue weighted by molar-refractivity contribution is 5.55. The molecule has 13 heavy (non-hydrogen) atoms. The summed E-state index contributed by atoms with van der Waals surface area (Å²) < 4.78 is 0. The van der Waals surface area contributed by atoms with E-state index in [2.05, 4.69) is 15.2 Å². The van der Waals surface area contributed by atoms with Gasteiger partial charge in [0.2, 0.25) is 0 Å². The van der Waals surface area contributed by atoms with Gasteiger partial charge in [-0.25, -0.2) is 0 Å². The van der Waals surface area contributed by atoms with E-state index in [1.165, 1.54) is 6.20 Å². The van der Waals surface area contributed by atoms with Crippen LogP contribution in [0, 0.1) is 0 Å². The molecule has 5 N–H and O–H groups in total. The highest BCUT2D eigenvalue weighted by Crippen LogP contribution is 2.04. The summed E-state index contributed by atoms with van der Waals surface area (Å²) in [5.41, 5.74) is 10.9. The van der Waals surface area contributed by atoms with Crippen molar-refractivity contribution in [3.05, 3.63) is 36.8 Å². The molecule has 2 aromatic rings. The maximum atomic E-state index is 5.22. The van der Waals surface area contributed by atoms with Crippen molar-refractivity contribution in [1.29, 1.82) is 0 Å². The molecular weight excluding hydrogens is 166 g/mol. The lowest BCUT2D eigenvalue weighted by Gasteiger charge is -1.80. The average molecular weight is 177 g/mol. The van der Waals surface area contributed by atoms with Gasteiger partial charge < -0.3 is 11.5 Å². The van der Waals surface area contributed by atoms with Gasteiger partial charge in [0.1, 0.15) is 5.82 Å². The van der Waals surface area contributed by atoms with Crippen molar-refractivity contribution in [3.63, 3.8) is 0 Å². The standard InChI is InChI=1S/C5H5N.C3H6N4/c1-2-4-6-5-3-1;4-2-1-6-7-3(2)5/h1-5H;1H,4H2,(H3,5,6,7). The van der Waals surface area contributed by atoms with Crippen molar-refractivity contribution >= 4 is 11.5 Å². The Morgan fingerprint density at radius 1 is 1.08 bits per heavy atom. The summed E-state index contributed by atoms with van der Waals surface area (Å²) in [6, 6.07) is 5.72. The fourth-order valence-electron chi connectivity index (χ4n) is 0.618. The first-order valence-corrected chi connectivity index (χ1v) is 3.70. The zero-order valence-electron chi connectivity index (χ0n) is 7.01. The largest absolute Gasteiger partial charge is 0.394 e. The molecule has 0 aliphatic rings. The molecule has 0 fully saturated rings. The van der Waals surface area contributed by atoms with Crippen molar-refractivity contribution in [2.24, 2.45) is 0 Å². The summed E-state index contributed by atoms with van der Waals surface area (Å²) >= 11 is 0. The van der Waals surface area contributed by atoms with Crippen molar-refractivity contribution in [2.75, 3.05) is 11.5 Å². The van der Waals surface area contributed by atoms with Gasteiger partial charge in [-0.05, 0) is 12.1 Å². The zero-order valence-corrected chi connectivity index (χ0v) is 7.01. The van der Waals surface area contributed by atoms with Crippen LogP contribution in [0.2, 0.25) is 0 Å². The number of nitrogens with zero attached hydrogens (tertiary/aromatic N) is 2. The number of nitrogen functional groups attached to an aromatic ring is 2. The third kappa shape index (κ3) is 3.24. The van der Waals surface area contributed by atoms with Gasteiger partial charge in [0.25, 0.3) is 0 Å². The van der Waals surface area contributed by atoms with Gasteiger partial charge >= 0.3 is 0 Å². The second kappa shape index (κ2) is 4.76. The second-order valence-electron chi connectivity index (χ2n) is 2.26. The summed E-state index contributed by atoms with van der Waals surface area (Å²) in [6.07, 6.45) is 4.97. The van der Waals surface area contributed by atoms with Gasteiger partial charge in [-0.15, -0.1) is 0 Å². The normalized spacial score (nSPS) is 8.62. The number of aromatic amines is 1. The van der Waals surface area contributed by atoms with E-state index < -0.39 is 0 Å². The van der Waals surface area contributed by atoms with Crippen molar-refractivity contribution in [3.8, 4) is 0 Å². The third-order valence-corrected chi connectivity index (χ3v) is 1.27. The molecule has 2 aromatic heterocycles. The van der Waals surface area contributed by atoms with E-state index in [0.717, 1.165) is 0 Å². The molecule has 2 heterocycles. The quantitative estimate of drug-likeness (QED) is 0.551. The van der Waals surface area contributed by atoms with Crippen molar-refractivity contribution in [2.45, 2.75) is 0 Å². The van der Waals surface area contributed by atoms with Crippen LogP contribution in [0.15, 0.2) is 36.8 Å².